The van der Waals surface area contributed by atoms with Gasteiger partial charge in [0.15, 0.2) is 5.72 Å². The maximum Gasteiger partial charge on any atom is 0.257 e. The minimum Gasteiger partial charge on any atom is -0.363 e. The first-order valence-electron chi connectivity index (χ1n) is 9.49. The number of fused-ring (bicyclic) bond motifs is 1. The summed E-state index contributed by atoms with van der Waals surface area (Å²) in [6.07, 6.45) is 1.38. The molecule has 31 heavy (non-hydrogen) atoms. The van der Waals surface area contributed by atoms with Gasteiger partial charge in [-0.05, 0) is 36.4 Å². The van der Waals surface area contributed by atoms with Gasteiger partial charge < -0.3 is 5.11 Å². The Morgan fingerprint density at radius 2 is 1.90 bits per heavy atom. The van der Waals surface area contributed by atoms with Crippen LogP contribution in [0.1, 0.15) is 46.6 Å². The van der Waals surface area contributed by atoms with E-state index in [4.69, 9.17) is 16.9 Å². The molecule has 0 spiro atoms. The summed E-state index contributed by atoms with van der Waals surface area (Å²) < 4.78 is 15.3. The third-order valence-corrected chi connectivity index (χ3v) is 5.50. The van der Waals surface area contributed by atoms with Crippen molar-refractivity contribution in [1.82, 2.24) is 9.88 Å². The summed E-state index contributed by atoms with van der Waals surface area (Å²) in [5.41, 5.74) is -1.00. The number of hydrogen-bond donors (Lipinski definition) is 1. The quantitative estimate of drug-likeness (QED) is 0.521. The van der Waals surface area contributed by atoms with E-state index in [-0.39, 0.29) is 17.7 Å². The van der Waals surface area contributed by atoms with Crippen LogP contribution in [0.25, 0.3) is 0 Å². The molecule has 0 fully saturated rings. The molecule has 1 amide bonds. The van der Waals surface area contributed by atoms with Gasteiger partial charge in [0, 0.05) is 21.3 Å². The largest absolute Gasteiger partial charge is 0.363 e. The summed E-state index contributed by atoms with van der Waals surface area (Å²) in [5.74, 6) is -1.25. The number of nitriles is 1. The van der Waals surface area contributed by atoms with Crippen molar-refractivity contribution < 1.29 is 14.3 Å². The third kappa shape index (κ3) is 4.07. The summed E-state index contributed by atoms with van der Waals surface area (Å²) in [6, 6.07) is 14.0. The van der Waals surface area contributed by atoms with E-state index >= 15 is 0 Å². The Bertz CT molecular complexity index is 1160. The second-order valence-corrected chi connectivity index (χ2v) is 7.88. The molecule has 2 aromatic carbocycles. The van der Waals surface area contributed by atoms with E-state index < -0.39 is 17.4 Å². The first kappa shape index (κ1) is 22.9. The molecule has 5 nitrogen and oxygen atoms in total. The van der Waals surface area contributed by atoms with Crippen LogP contribution in [-0.2, 0) is 12.3 Å². The van der Waals surface area contributed by atoms with Crippen molar-refractivity contribution in [3.8, 4) is 6.07 Å². The Hall–Kier alpha value is -2.79. The number of rotatable bonds is 3. The van der Waals surface area contributed by atoms with Crippen LogP contribution in [-0.4, -0.2) is 20.9 Å². The van der Waals surface area contributed by atoms with E-state index in [2.05, 4.69) is 20.9 Å². The molecule has 3 aromatic rings. The number of amides is 1. The van der Waals surface area contributed by atoms with Crippen LogP contribution < -0.4 is 0 Å². The molecule has 0 aliphatic carbocycles. The van der Waals surface area contributed by atoms with Gasteiger partial charge in [-0.25, -0.2) is 4.39 Å². The van der Waals surface area contributed by atoms with E-state index in [9.17, 15) is 14.3 Å². The van der Waals surface area contributed by atoms with Gasteiger partial charge in [0.2, 0.25) is 0 Å². The molecule has 1 N–H and O–H groups in total. The summed E-state index contributed by atoms with van der Waals surface area (Å²) in [6.45, 7) is 3.91. The zero-order valence-electron chi connectivity index (χ0n) is 16.7. The number of aliphatic hydroxyl groups is 1. The van der Waals surface area contributed by atoms with Crippen molar-refractivity contribution in [2.75, 3.05) is 0 Å². The number of carbonyl (C=O) groups excluding carboxylic acids is 1. The number of aromatic nitrogens is 1. The second-order valence-electron chi connectivity index (χ2n) is 6.53. The molecular weight excluding hydrogens is 485 g/mol. The number of carbonyl (C=O) groups is 1. The number of pyridine rings is 1. The Kier molecular flexibility index (Phi) is 6.75. The number of halogens is 3. The lowest BCUT2D eigenvalue weighted by Gasteiger charge is -2.34. The lowest BCUT2D eigenvalue weighted by atomic mass is 9.93. The van der Waals surface area contributed by atoms with Crippen molar-refractivity contribution in [2.45, 2.75) is 26.1 Å². The van der Waals surface area contributed by atoms with Crippen LogP contribution in [0.4, 0.5) is 4.39 Å². The molecule has 1 aliphatic heterocycles. The zero-order valence-corrected chi connectivity index (χ0v) is 19.1. The normalized spacial score (nSPS) is 16.9. The van der Waals surface area contributed by atoms with Crippen molar-refractivity contribution in [1.29, 1.82) is 5.26 Å². The monoisotopic (exact) mass is 501 g/mol. The van der Waals surface area contributed by atoms with Gasteiger partial charge in [-0.2, -0.15) is 5.26 Å². The van der Waals surface area contributed by atoms with Crippen LogP contribution in [0.2, 0.25) is 5.02 Å². The first-order valence-corrected chi connectivity index (χ1v) is 10.7. The average molecular weight is 503 g/mol. The molecule has 4 rings (SSSR count). The maximum atomic E-state index is 14.9. The van der Waals surface area contributed by atoms with Gasteiger partial charge >= 0.3 is 0 Å². The van der Waals surface area contributed by atoms with E-state index in [0.29, 0.717) is 26.3 Å². The molecule has 0 saturated carbocycles. The van der Waals surface area contributed by atoms with Gasteiger partial charge in [0.25, 0.3) is 5.91 Å². The fourth-order valence-electron chi connectivity index (χ4n) is 3.44. The second kappa shape index (κ2) is 9.15. The lowest BCUT2D eigenvalue weighted by molar-refractivity contribution is -0.0567. The van der Waals surface area contributed by atoms with Crippen molar-refractivity contribution in [2.24, 2.45) is 0 Å². The van der Waals surface area contributed by atoms with Gasteiger partial charge in [0.1, 0.15) is 11.9 Å². The van der Waals surface area contributed by atoms with Crippen molar-refractivity contribution in [3.05, 3.63) is 98.0 Å². The molecule has 1 aromatic heterocycles. The molecule has 2 heterocycles. The zero-order chi connectivity index (χ0) is 22.8. The summed E-state index contributed by atoms with van der Waals surface area (Å²) in [4.78, 5) is 18.5. The van der Waals surface area contributed by atoms with Crippen LogP contribution >= 0.6 is 27.5 Å². The lowest BCUT2D eigenvalue weighted by Crippen LogP contribution is -2.44. The smallest absolute Gasteiger partial charge is 0.257 e. The minimum absolute atomic E-state index is 0.0583. The molecule has 1 atom stereocenters. The highest BCUT2D eigenvalue weighted by atomic mass is 79.9. The summed E-state index contributed by atoms with van der Waals surface area (Å²) in [7, 11) is 0. The minimum atomic E-state index is -2.04. The highest BCUT2D eigenvalue weighted by molar-refractivity contribution is 9.10. The molecule has 0 saturated heterocycles. The molecule has 0 bridgehead atoms. The topological polar surface area (TPSA) is 77.2 Å². The Labute approximate surface area is 192 Å². The highest BCUT2D eigenvalue weighted by Crippen LogP contribution is 2.45. The molecule has 8 heteroatoms. The van der Waals surface area contributed by atoms with Gasteiger partial charge in [-0.15, -0.1) is 0 Å². The fourth-order valence-corrected chi connectivity index (χ4v) is 3.99. The summed E-state index contributed by atoms with van der Waals surface area (Å²) >= 11 is 9.16. The average Bonchev–Trinajstić information content (AvgIpc) is 2.98. The Morgan fingerprint density at radius 3 is 2.48 bits per heavy atom. The van der Waals surface area contributed by atoms with Crippen molar-refractivity contribution in [3.63, 3.8) is 0 Å². The predicted molar refractivity (Wildman–Crippen MR) is 119 cm³/mol. The van der Waals surface area contributed by atoms with Crippen LogP contribution in [0.5, 0.6) is 0 Å². The van der Waals surface area contributed by atoms with Gasteiger partial charge in [0.05, 0.1) is 28.9 Å². The fraction of sp³-hybridized carbons (Fsp3) is 0.174. The number of nitrogens with zero attached hydrogens (tertiary/aromatic N) is 3. The van der Waals surface area contributed by atoms with E-state index in [1.807, 2.05) is 19.9 Å². The number of benzene rings is 2. The molecule has 1 unspecified atom stereocenters. The summed E-state index contributed by atoms with van der Waals surface area (Å²) in [5, 5.41) is 21.1. The first-order chi connectivity index (χ1) is 14.8. The number of hydrogen-bond acceptors (Lipinski definition) is 4. The highest BCUT2D eigenvalue weighted by Gasteiger charge is 2.52. The van der Waals surface area contributed by atoms with E-state index in [1.54, 1.807) is 36.4 Å². The van der Waals surface area contributed by atoms with Crippen LogP contribution in [0, 0.1) is 17.1 Å². The maximum absolute atomic E-state index is 14.9. The van der Waals surface area contributed by atoms with Crippen LogP contribution in [0.15, 0.2) is 59.2 Å². The van der Waals surface area contributed by atoms with Crippen molar-refractivity contribution >= 4 is 33.4 Å². The standard InChI is InChI=1S/C21H12BrClFN3O2.C2H6/c22-14-7-17-19(18(24)8-14)21(29,13-2-4-15(23)5-3-13)27(20(17)28)11-16-6-1-12(9-25)10-26-16;1-2/h1-8,10,29H,11H2;1-2H3. The van der Waals surface area contributed by atoms with E-state index in [0.717, 1.165) is 4.90 Å². The third-order valence-electron chi connectivity index (χ3n) is 4.79. The predicted octanol–water partition coefficient (Wildman–Crippen LogP) is 5.38. The SMILES string of the molecule is CC.N#Cc1ccc(CN2C(=O)c3cc(Br)cc(F)c3C2(O)c2ccc(Cl)cc2)nc1. The Balaban J connectivity index is 0.00000132. The van der Waals surface area contributed by atoms with E-state index in [1.165, 1.54) is 18.3 Å². The van der Waals surface area contributed by atoms with Gasteiger partial charge in [-0.3, -0.25) is 14.7 Å². The molecule has 158 valence electrons. The Morgan fingerprint density at radius 1 is 1.23 bits per heavy atom. The van der Waals surface area contributed by atoms with Gasteiger partial charge in [-0.1, -0.05) is 53.5 Å². The molecule has 0 radical (unpaired) electrons. The van der Waals surface area contributed by atoms with Crippen LogP contribution in [0.3, 0.4) is 0 Å². The molecule has 1 aliphatic rings. The molecular formula is C23H18BrClFN3O2.